The molecule has 0 heterocycles. The third kappa shape index (κ3) is 5.16. The molecule has 1 aromatic carbocycles. The van der Waals surface area contributed by atoms with Gasteiger partial charge in [-0.3, -0.25) is 5.43 Å². The molecule has 0 radical (unpaired) electrons. The van der Waals surface area contributed by atoms with Gasteiger partial charge in [0.1, 0.15) is 5.75 Å². The Morgan fingerprint density at radius 1 is 1.41 bits per heavy atom. The number of hydrazone groups is 1. The molecule has 92 valence electrons. The fourth-order valence-electron chi connectivity index (χ4n) is 0.970. The molecule has 0 aliphatic rings. The average molecular weight is 263 g/mol. The fraction of sp³-hybridized carbons (Fsp3) is 0.111. The topological polar surface area (TPSA) is 59.6 Å². The second-order valence-corrected chi connectivity index (χ2v) is 3.26. The Hall–Kier alpha value is -1.83. The number of nitrogens with two attached hydrogens (primary N) is 1. The van der Waals surface area contributed by atoms with Gasteiger partial charge in [-0.15, -0.1) is 13.2 Å². The first-order valence-electron chi connectivity index (χ1n) is 4.32. The molecule has 0 atom stereocenters. The number of halogens is 3. The summed E-state index contributed by atoms with van der Waals surface area (Å²) in [5, 5.41) is 3.46. The van der Waals surface area contributed by atoms with Crippen molar-refractivity contribution in [1.82, 2.24) is 5.43 Å². The largest absolute Gasteiger partial charge is 0.573 e. The number of hydrogen-bond acceptors (Lipinski definition) is 3. The van der Waals surface area contributed by atoms with Crippen LogP contribution in [0.25, 0.3) is 0 Å². The molecule has 4 nitrogen and oxygen atoms in total. The summed E-state index contributed by atoms with van der Waals surface area (Å²) in [4.78, 5) is 0. The number of para-hydroxylation sites is 1. The van der Waals surface area contributed by atoms with Crippen LogP contribution in [0.2, 0.25) is 0 Å². The van der Waals surface area contributed by atoms with Gasteiger partial charge in [0.2, 0.25) is 0 Å². The first kappa shape index (κ1) is 13.2. The van der Waals surface area contributed by atoms with E-state index in [0.717, 1.165) is 6.21 Å². The number of nitrogens with zero attached hydrogens (tertiary/aromatic N) is 1. The Morgan fingerprint density at radius 2 is 2.06 bits per heavy atom. The van der Waals surface area contributed by atoms with Gasteiger partial charge in [-0.25, -0.2) is 0 Å². The van der Waals surface area contributed by atoms with Crippen molar-refractivity contribution in [2.24, 2.45) is 10.8 Å². The summed E-state index contributed by atoms with van der Waals surface area (Å²) in [5.41, 5.74) is 7.46. The molecular weight excluding hydrogens is 255 g/mol. The second-order valence-electron chi connectivity index (χ2n) is 2.82. The SMILES string of the molecule is NC(=S)NN=Cc1ccccc1OC(F)(F)F. The first-order chi connectivity index (χ1) is 7.88. The summed E-state index contributed by atoms with van der Waals surface area (Å²) < 4.78 is 40.0. The van der Waals surface area contributed by atoms with Crippen LogP contribution in [0.5, 0.6) is 5.75 Å². The van der Waals surface area contributed by atoms with Crippen LogP contribution in [0.4, 0.5) is 13.2 Å². The number of benzene rings is 1. The van der Waals surface area contributed by atoms with Crippen molar-refractivity contribution in [3.8, 4) is 5.75 Å². The normalized spacial score (nSPS) is 11.5. The van der Waals surface area contributed by atoms with Crippen molar-refractivity contribution < 1.29 is 17.9 Å². The molecule has 0 fully saturated rings. The van der Waals surface area contributed by atoms with E-state index >= 15 is 0 Å². The zero-order valence-corrected chi connectivity index (χ0v) is 9.18. The number of rotatable bonds is 3. The minimum Gasteiger partial charge on any atom is -0.405 e. The lowest BCUT2D eigenvalue weighted by Gasteiger charge is -2.10. The summed E-state index contributed by atoms with van der Waals surface area (Å²) in [6.45, 7) is 0. The van der Waals surface area contributed by atoms with E-state index in [-0.39, 0.29) is 16.4 Å². The minimum absolute atomic E-state index is 0.0875. The van der Waals surface area contributed by atoms with Gasteiger partial charge in [0.15, 0.2) is 5.11 Å². The van der Waals surface area contributed by atoms with E-state index in [1.807, 2.05) is 0 Å². The first-order valence-corrected chi connectivity index (χ1v) is 4.72. The maximum atomic E-state index is 12.0. The molecule has 0 aromatic heterocycles. The minimum atomic E-state index is -4.75. The quantitative estimate of drug-likeness (QED) is 0.495. The zero-order valence-electron chi connectivity index (χ0n) is 8.36. The van der Waals surface area contributed by atoms with E-state index in [1.165, 1.54) is 18.2 Å². The van der Waals surface area contributed by atoms with Gasteiger partial charge in [0.25, 0.3) is 0 Å². The molecule has 0 bridgehead atoms. The highest BCUT2D eigenvalue weighted by atomic mass is 32.1. The fourth-order valence-corrected chi connectivity index (χ4v) is 1.02. The molecule has 0 saturated heterocycles. The lowest BCUT2D eigenvalue weighted by molar-refractivity contribution is -0.274. The van der Waals surface area contributed by atoms with E-state index in [2.05, 4.69) is 27.5 Å². The zero-order chi connectivity index (χ0) is 12.9. The number of nitrogens with one attached hydrogen (secondary N) is 1. The summed E-state index contributed by atoms with van der Waals surface area (Å²) in [6.07, 6.45) is -3.62. The van der Waals surface area contributed by atoms with Gasteiger partial charge in [-0.05, 0) is 24.4 Å². The van der Waals surface area contributed by atoms with Crippen LogP contribution >= 0.6 is 12.2 Å². The smallest absolute Gasteiger partial charge is 0.405 e. The Bertz CT molecular complexity index is 434. The van der Waals surface area contributed by atoms with Crippen LogP contribution in [0.1, 0.15) is 5.56 Å². The third-order valence-electron chi connectivity index (χ3n) is 1.52. The van der Waals surface area contributed by atoms with Gasteiger partial charge in [0.05, 0.1) is 6.21 Å². The van der Waals surface area contributed by atoms with Gasteiger partial charge in [-0.1, -0.05) is 12.1 Å². The van der Waals surface area contributed by atoms with Gasteiger partial charge >= 0.3 is 6.36 Å². The van der Waals surface area contributed by atoms with Crippen LogP contribution in [-0.4, -0.2) is 17.7 Å². The molecule has 1 rings (SSSR count). The van der Waals surface area contributed by atoms with Crippen LogP contribution in [-0.2, 0) is 0 Å². The Balaban J connectivity index is 2.84. The van der Waals surface area contributed by atoms with E-state index in [0.29, 0.717) is 0 Å². The maximum Gasteiger partial charge on any atom is 0.573 e. The highest BCUT2D eigenvalue weighted by molar-refractivity contribution is 7.80. The van der Waals surface area contributed by atoms with Crippen molar-refractivity contribution >= 4 is 23.5 Å². The van der Waals surface area contributed by atoms with Crippen molar-refractivity contribution in [3.63, 3.8) is 0 Å². The molecule has 3 N–H and O–H groups in total. The van der Waals surface area contributed by atoms with Crippen molar-refractivity contribution in [2.45, 2.75) is 6.36 Å². The highest BCUT2D eigenvalue weighted by Crippen LogP contribution is 2.24. The van der Waals surface area contributed by atoms with Crippen LogP contribution in [0, 0.1) is 0 Å². The average Bonchev–Trinajstić information content (AvgIpc) is 2.17. The predicted octanol–water partition coefficient (Wildman–Crippen LogP) is 1.75. The number of thiocarbonyl (C=S) groups is 1. The summed E-state index contributed by atoms with van der Waals surface area (Å²) >= 11 is 4.47. The molecule has 0 saturated carbocycles. The molecule has 1 aromatic rings. The third-order valence-corrected chi connectivity index (χ3v) is 1.61. The maximum absolute atomic E-state index is 12.0. The van der Waals surface area contributed by atoms with E-state index in [9.17, 15) is 13.2 Å². The van der Waals surface area contributed by atoms with E-state index in [4.69, 9.17) is 5.73 Å². The predicted molar refractivity (Wildman–Crippen MR) is 60.6 cm³/mol. The summed E-state index contributed by atoms with van der Waals surface area (Å²) in [6, 6.07) is 5.55. The van der Waals surface area contributed by atoms with Gasteiger partial charge in [-0.2, -0.15) is 5.10 Å². The standard InChI is InChI=1S/C9H8F3N3OS/c10-9(11,12)16-7-4-2-1-3-6(7)5-14-15-8(13)17/h1-5H,(H3,13,15,17). The Kier molecular flexibility index (Phi) is 4.27. The number of alkyl halides is 3. The molecule has 0 amide bonds. The van der Waals surface area contributed by atoms with Crippen LogP contribution in [0.15, 0.2) is 29.4 Å². The lowest BCUT2D eigenvalue weighted by Crippen LogP contribution is -2.24. The molecule has 17 heavy (non-hydrogen) atoms. The van der Waals surface area contributed by atoms with Crippen molar-refractivity contribution in [3.05, 3.63) is 29.8 Å². The monoisotopic (exact) mass is 263 g/mol. The van der Waals surface area contributed by atoms with Gasteiger partial charge < -0.3 is 10.5 Å². The second kappa shape index (κ2) is 5.48. The van der Waals surface area contributed by atoms with Crippen LogP contribution < -0.4 is 15.9 Å². The number of ether oxygens (including phenoxy) is 1. The summed E-state index contributed by atoms with van der Waals surface area (Å²) in [5.74, 6) is -0.353. The van der Waals surface area contributed by atoms with E-state index < -0.39 is 6.36 Å². The van der Waals surface area contributed by atoms with Crippen molar-refractivity contribution in [2.75, 3.05) is 0 Å². The molecular formula is C9H8F3N3OS. The lowest BCUT2D eigenvalue weighted by atomic mass is 10.2. The molecule has 0 aliphatic heterocycles. The van der Waals surface area contributed by atoms with Crippen LogP contribution in [0.3, 0.4) is 0 Å². The van der Waals surface area contributed by atoms with E-state index in [1.54, 1.807) is 6.07 Å². The molecule has 0 unspecified atom stereocenters. The molecule has 8 heteroatoms. The Morgan fingerprint density at radius 3 is 2.65 bits per heavy atom. The molecule has 0 spiro atoms. The molecule has 0 aliphatic carbocycles. The summed E-state index contributed by atoms with van der Waals surface area (Å²) in [7, 11) is 0. The van der Waals surface area contributed by atoms with Crippen molar-refractivity contribution in [1.29, 1.82) is 0 Å². The highest BCUT2D eigenvalue weighted by Gasteiger charge is 2.31. The van der Waals surface area contributed by atoms with Gasteiger partial charge in [0, 0.05) is 5.56 Å². The Labute approximate surface area is 100 Å². The number of hydrogen-bond donors (Lipinski definition) is 2.